The van der Waals surface area contributed by atoms with Crippen LogP contribution in [0.5, 0.6) is 0 Å². The Morgan fingerprint density at radius 1 is 1.00 bits per heavy atom. The van der Waals surface area contributed by atoms with Crippen LogP contribution in [0.25, 0.3) is 0 Å². The minimum atomic E-state index is -3.87. The Balaban J connectivity index is 1.65. The molecule has 1 heterocycles. The SMILES string of the molecule is O=[N+]([O-])c1cccc(NC(=S)Nc2ccc(S(=O)(=O)Nc3ccc(Cl)nn3)cc2)c1. The summed E-state index contributed by atoms with van der Waals surface area (Å²) in [7, 11) is -3.87. The van der Waals surface area contributed by atoms with Gasteiger partial charge in [0.15, 0.2) is 16.1 Å². The van der Waals surface area contributed by atoms with Gasteiger partial charge < -0.3 is 10.6 Å². The summed E-state index contributed by atoms with van der Waals surface area (Å²) in [5, 5.41) is 24.1. The lowest BCUT2D eigenvalue weighted by molar-refractivity contribution is -0.384. The Morgan fingerprint density at radius 2 is 1.70 bits per heavy atom. The number of nitro groups is 1. The molecule has 0 aliphatic heterocycles. The van der Waals surface area contributed by atoms with Gasteiger partial charge >= 0.3 is 0 Å². The minimum Gasteiger partial charge on any atom is -0.332 e. The molecular formula is C17H13ClN6O4S2. The molecule has 0 radical (unpaired) electrons. The third-order valence-corrected chi connectivity index (χ3v) is 5.38. The van der Waals surface area contributed by atoms with E-state index in [0.29, 0.717) is 11.4 Å². The number of sulfonamides is 1. The third kappa shape index (κ3) is 5.59. The number of anilines is 3. The first kappa shape index (κ1) is 21.4. The van der Waals surface area contributed by atoms with Gasteiger partial charge in [-0.15, -0.1) is 10.2 Å². The predicted molar refractivity (Wildman–Crippen MR) is 117 cm³/mol. The first-order valence-electron chi connectivity index (χ1n) is 8.17. The Bertz CT molecular complexity index is 1190. The minimum absolute atomic E-state index is 0.00219. The Labute approximate surface area is 181 Å². The number of aromatic nitrogens is 2. The Kier molecular flexibility index (Phi) is 6.40. The lowest BCUT2D eigenvalue weighted by Crippen LogP contribution is -2.19. The van der Waals surface area contributed by atoms with Crippen molar-refractivity contribution in [1.29, 1.82) is 0 Å². The molecule has 154 valence electrons. The zero-order valence-corrected chi connectivity index (χ0v) is 17.3. The van der Waals surface area contributed by atoms with Crippen molar-refractivity contribution in [3.63, 3.8) is 0 Å². The number of hydrogen-bond donors (Lipinski definition) is 3. The van der Waals surface area contributed by atoms with Gasteiger partial charge in [-0.05, 0) is 54.7 Å². The van der Waals surface area contributed by atoms with Crippen LogP contribution < -0.4 is 15.4 Å². The van der Waals surface area contributed by atoms with Gasteiger partial charge in [0.1, 0.15) is 0 Å². The van der Waals surface area contributed by atoms with Crippen molar-refractivity contribution < 1.29 is 13.3 Å². The van der Waals surface area contributed by atoms with E-state index in [-0.39, 0.29) is 26.7 Å². The zero-order valence-electron chi connectivity index (χ0n) is 14.9. The molecule has 2 aromatic carbocycles. The summed E-state index contributed by atoms with van der Waals surface area (Å²) in [6, 6.07) is 14.5. The number of nitrogens with one attached hydrogen (secondary N) is 3. The van der Waals surface area contributed by atoms with Gasteiger partial charge in [0.2, 0.25) is 0 Å². The summed E-state index contributed by atoms with van der Waals surface area (Å²) in [4.78, 5) is 10.3. The van der Waals surface area contributed by atoms with Crippen LogP contribution in [0.15, 0.2) is 65.6 Å². The molecule has 0 spiro atoms. The Morgan fingerprint density at radius 3 is 2.33 bits per heavy atom. The van der Waals surface area contributed by atoms with Crippen molar-refractivity contribution in [3.05, 3.63) is 75.9 Å². The van der Waals surface area contributed by atoms with E-state index >= 15 is 0 Å². The topological polar surface area (TPSA) is 139 Å². The second kappa shape index (κ2) is 8.98. The third-order valence-electron chi connectivity index (χ3n) is 3.61. The van der Waals surface area contributed by atoms with Gasteiger partial charge in [-0.1, -0.05) is 17.7 Å². The van der Waals surface area contributed by atoms with Gasteiger partial charge in [0.05, 0.1) is 9.82 Å². The molecule has 0 saturated carbocycles. The number of nitro benzene ring substituents is 1. The van der Waals surface area contributed by atoms with Gasteiger partial charge in [0.25, 0.3) is 15.7 Å². The van der Waals surface area contributed by atoms with Crippen LogP contribution in [-0.2, 0) is 10.0 Å². The summed E-state index contributed by atoms with van der Waals surface area (Å²) >= 11 is 10.8. The smallest absolute Gasteiger partial charge is 0.271 e. The number of non-ortho nitro benzene ring substituents is 1. The van der Waals surface area contributed by atoms with Crippen molar-refractivity contribution in [2.75, 3.05) is 15.4 Å². The second-order valence-corrected chi connectivity index (χ2v) is 8.24. The van der Waals surface area contributed by atoms with Crippen LogP contribution in [0.2, 0.25) is 5.15 Å². The zero-order chi connectivity index (χ0) is 21.7. The van der Waals surface area contributed by atoms with Crippen molar-refractivity contribution in [1.82, 2.24) is 10.2 Å². The standard InChI is InChI=1S/C17H13ClN6O4S2/c18-15-8-9-16(22-21-15)23-30(27,28)14-6-4-11(5-7-14)19-17(29)20-12-2-1-3-13(10-12)24(25)26/h1-10H,(H,22,23)(H2,19,20,29). The molecule has 3 aromatic rings. The van der Waals surface area contributed by atoms with Crippen molar-refractivity contribution >= 4 is 61.8 Å². The van der Waals surface area contributed by atoms with E-state index in [1.807, 2.05) is 0 Å². The van der Waals surface area contributed by atoms with Crippen LogP contribution in [-0.4, -0.2) is 28.7 Å². The normalized spacial score (nSPS) is 10.8. The molecule has 3 rings (SSSR count). The van der Waals surface area contributed by atoms with Crippen LogP contribution in [0.4, 0.5) is 22.9 Å². The van der Waals surface area contributed by atoms with E-state index in [2.05, 4.69) is 25.6 Å². The first-order chi connectivity index (χ1) is 14.2. The number of benzene rings is 2. The Hall–Kier alpha value is -3.35. The monoisotopic (exact) mass is 464 g/mol. The highest BCUT2D eigenvalue weighted by Crippen LogP contribution is 2.19. The van der Waals surface area contributed by atoms with E-state index in [4.69, 9.17) is 23.8 Å². The van der Waals surface area contributed by atoms with E-state index in [0.717, 1.165) is 0 Å². The maximum Gasteiger partial charge on any atom is 0.271 e. The highest BCUT2D eigenvalue weighted by molar-refractivity contribution is 7.92. The van der Waals surface area contributed by atoms with Gasteiger partial charge in [-0.2, -0.15) is 0 Å². The molecule has 30 heavy (non-hydrogen) atoms. The molecule has 0 aliphatic rings. The molecule has 0 amide bonds. The molecule has 0 saturated heterocycles. The summed E-state index contributed by atoms with van der Waals surface area (Å²) < 4.78 is 27.1. The van der Waals surface area contributed by atoms with Crippen LogP contribution in [0.1, 0.15) is 0 Å². The first-order valence-corrected chi connectivity index (χ1v) is 10.4. The van der Waals surface area contributed by atoms with Crippen LogP contribution in [0.3, 0.4) is 0 Å². The fourth-order valence-corrected chi connectivity index (χ4v) is 3.61. The molecule has 0 aliphatic carbocycles. The molecule has 1 aromatic heterocycles. The lowest BCUT2D eigenvalue weighted by Gasteiger charge is -2.11. The average Bonchev–Trinajstić information content (AvgIpc) is 2.70. The highest BCUT2D eigenvalue weighted by Gasteiger charge is 2.15. The number of halogens is 1. The predicted octanol–water partition coefficient (Wildman–Crippen LogP) is 3.65. The largest absolute Gasteiger partial charge is 0.332 e. The highest BCUT2D eigenvalue weighted by atomic mass is 35.5. The molecule has 13 heteroatoms. The van der Waals surface area contributed by atoms with Crippen molar-refractivity contribution in [2.24, 2.45) is 0 Å². The summed E-state index contributed by atoms with van der Waals surface area (Å²) in [6.45, 7) is 0. The summed E-state index contributed by atoms with van der Waals surface area (Å²) in [6.07, 6.45) is 0. The van der Waals surface area contributed by atoms with Crippen molar-refractivity contribution in [3.8, 4) is 0 Å². The van der Waals surface area contributed by atoms with Crippen LogP contribution in [0, 0.1) is 10.1 Å². The lowest BCUT2D eigenvalue weighted by atomic mass is 10.3. The second-order valence-electron chi connectivity index (χ2n) is 5.76. The fourth-order valence-electron chi connectivity index (χ4n) is 2.28. The maximum absolute atomic E-state index is 12.4. The van der Waals surface area contributed by atoms with Crippen LogP contribution >= 0.6 is 23.8 Å². The van der Waals surface area contributed by atoms with Crippen molar-refractivity contribution in [2.45, 2.75) is 4.90 Å². The van der Waals surface area contributed by atoms with Gasteiger partial charge in [0, 0.05) is 23.5 Å². The molecular weight excluding hydrogens is 452 g/mol. The maximum atomic E-state index is 12.4. The van der Waals surface area contributed by atoms with E-state index in [1.165, 1.54) is 54.6 Å². The number of nitrogens with zero attached hydrogens (tertiary/aromatic N) is 3. The number of thiocarbonyl (C=S) groups is 1. The number of hydrogen-bond acceptors (Lipinski definition) is 7. The van der Waals surface area contributed by atoms with E-state index in [9.17, 15) is 18.5 Å². The molecule has 3 N–H and O–H groups in total. The average molecular weight is 465 g/mol. The quantitative estimate of drug-likeness (QED) is 0.283. The van der Waals surface area contributed by atoms with Gasteiger partial charge in [-0.25, -0.2) is 8.42 Å². The molecule has 0 fully saturated rings. The summed E-state index contributed by atoms with van der Waals surface area (Å²) in [5.41, 5.74) is 0.882. The van der Waals surface area contributed by atoms with Gasteiger partial charge in [-0.3, -0.25) is 14.8 Å². The molecule has 0 bridgehead atoms. The molecule has 0 atom stereocenters. The van der Waals surface area contributed by atoms with E-state index in [1.54, 1.807) is 6.07 Å². The number of rotatable bonds is 6. The van der Waals surface area contributed by atoms with E-state index < -0.39 is 14.9 Å². The molecule has 10 nitrogen and oxygen atoms in total. The molecule has 0 unspecified atom stereocenters. The fraction of sp³-hybridized carbons (Fsp3) is 0. The summed E-state index contributed by atoms with van der Waals surface area (Å²) in [5.74, 6) is 0.0314.